The van der Waals surface area contributed by atoms with Crippen molar-refractivity contribution < 1.29 is 18.0 Å². The van der Waals surface area contributed by atoms with Crippen LogP contribution in [-0.4, -0.2) is 39.3 Å². The van der Waals surface area contributed by atoms with E-state index in [1.807, 2.05) is 0 Å². The number of hydrogen-bond acceptors (Lipinski definition) is 4. The molecule has 2 aliphatic rings. The van der Waals surface area contributed by atoms with Crippen LogP contribution in [-0.2, 0) is 9.84 Å². The minimum Gasteiger partial charge on any atom is -0.336 e. The summed E-state index contributed by atoms with van der Waals surface area (Å²) in [5.74, 6) is -0.0495. The van der Waals surface area contributed by atoms with Crippen LogP contribution < -0.4 is 20.9 Å². The number of amides is 4. The quantitative estimate of drug-likeness (QED) is 0.690. The van der Waals surface area contributed by atoms with E-state index in [4.69, 9.17) is 11.6 Å². The molecule has 10 heteroatoms. The molecule has 4 amide bonds. The molecule has 2 aromatic rings. The van der Waals surface area contributed by atoms with E-state index in [9.17, 15) is 18.0 Å². The van der Waals surface area contributed by atoms with Crippen LogP contribution in [0, 0.1) is 0 Å². The van der Waals surface area contributed by atoms with Gasteiger partial charge in [-0.3, -0.25) is 4.90 Å². The summed E-state index contributed by atoms with van der Waals surface area (Å²) in [7, 11) is -3.38. The molecule has 152 valence electrons. The Morgan fingerprint density at radius 3 is 2.79 bits per heavy atom. The van der Waals surface area contributed by atoms with Crippen LogP contribution in [0.15, 0.2) is 47.4 Å². The van der Waals surface area contributed by atoms with Crippen molar-refractivity contribution in [2.75, 3.05) is 29.1 Å². The fourth-order valence-electron chi connectivity index (χ4n) is 3.56. The molecule has 8 nitrogen and oxygen atoms in total. The molecule has 0 bridgehead atoms. The van der Waals surface area contributed by atoms with Crippen LogP contribution in [0.3, 0.4) is 0 Å². The summed E-state index contributed by atoms with van der Waals surface area (Å²) in [6.07, 6.45) is 0.261. The van der Waals surface area contributed by atoms with Gasteiger partial charge in [-0.15, -0.1) is 0 Å². The lowest BCUT2D eigenvalue weighted by Crippen LogP contribution is -2.36. The van der Waals surface area contributed by atoms with Gasteiger partial charge in [-0.2, -0.15) is 0 Å². The summed E-state index contributed by atoms with van der Waals surface area (Å²) in [4.78, 5) is 26.1. The van der Waals surface area contributed by atoms with Gasteiger partial charge < -0.3 is 16.0 Å². The maximum atomic E-state index is 12.5. The van der Waals surface area contributed by atoms with E-state index < -0.39 is 21.9 Å². The van der Waals surface area contributed by atoms with E-state index in [0.717, 1.165) is 0 Å². The number of carbonyl (C=O) groups is 2. The number of benzene rings is 2. The molecule has 4 rings (SSSR count). The normalized spacial score (nSPS) is 20.0. The van der Waals surface area contributed by atoms with E-state index in [1.54, 1.807) is 35.2 Å². The highest BCUT2D eigenvalue weighted by molar-refractivity contribution is 7.91. The Kier molecular flexibility index (Phi) is 5.10. The molecule has 0 saturated carbocycles. The SMILES string of the molecule is O=C(Nc1cccc(N2CCNC2=O)c1)N[C@@H]1CCS(=O)(=O)c2ccc(Cl)cc21. The second-order valence-electron chi connectivity index (χ2n) is 6.87. The maximum absolute atomic E-state index is 12.5. The van der Waals surface area contributed by atoms with Crippen molar-refractivity contribution in [3.05, 3.63) is 53.1 Å². The van der Waals surface area contributed by atoms with Crippen LogP contribution in [0.1, 0.15) is 18.0 Å². The van der Waals surface area contributed by atoms with E-state index in [0.29, 0.717) is 35.1 Å². The number of carbonyl (C=O) groups excluding carboxylic acids is 2. The predicted molar refractivity (Wildman–Crippen MR) is 110 cm³/mol. The van der Waals surface area contributed by atoms with Crippen LogP contribution in [0.5, 0.6) is 0 Å². The monoisotopic (exact) mass is 434 g/mol. The maximum Gasteiger partial charge on any atom is 0.321 e. The number of nitrogens with zero attached hydrogens (tertiary/aromatic N) is 1. The first-order valence-electron chi connectivity index (χ1n) is 9.09. The third-order valence-electron chi connectivity index (χ3n) is 4.94. The molecule has 1 saturated heterocycles. The second-order valence-corrected chi connectivity index (χ2v) is 9.39. The van der Waals surface area contributed by atoms with Crippen molar-refractivity contribution in [1.82, 2.24) is 10.6 Å². The molecule has 2 aromatic carbocycles. The molecule has 0 unspecified atom stereocenters. The lowest BCUT2D eigenvalue weighted by atomic mass is 10.0. The molecule has 0 spiro atoms. The van der Waals surface area contributed by atoms with Gasteiger partial charge in [0.1, 0.15) is 0 Å². The van der Waals surface area contributed by atoms with Gasteiger partial charge in [0, 0.05) is 29.5 Å². The molecule has 0 aliphatic carbocycles. The molecule has 2 heterocycles. The van der Waals surface area contributed by atoms with Crippen LogP contribution >= 0.6 is 11.6 Å². The molecule has 1 atom stereocenters. The zero-order valence-corrected chi connectivity index (χ0v) is 16.9. The van der Waals surface area contributed by atoms with Crippen LogP contribution in [0.25, 0.3) is 0 Å². The molecule has 0 radical (unpaired) electrons. The fourth-order valence-corrected chi connectivity index (χ4v) is 5.34. The summed E-state index contributed by atoms with van der Waals surface area (Å²) >= 11 is 6.03. The van der Waals surface area contributed by atoms with Crippen molar-refractivity contribution in [2.45, 2.75) is 17.4 Å². The molecule has 2 aliphatic heterocycles. The standard InChI is InChI=1S/C19H19ClN4O4S/c20-12-4-5-17-15(10-12)16(6-9-29(17,27)28)23-18(25)22-13-2-1-3-14(11-13)24-8-7-21-19(24)26/h1-5,10-11,16H,6-9H2,(H,21,26)(H2,22,23,25)/t16-/m1/s1. The van der Waals surface area contributed by atoms with Crippen molar-refractivity contribution in [3.8, 4) is 0 Å². The minimum absolute atomic E-state index is 0.0495. The molecule has 29 heavy (non-hydrogen) atoms. The Bertz CT molecular complexity index is 1090. The zero-order chi connectivity index (χ0) is 20.6. The number of fused-ring (bicyclic) bond motifs is 1. The van der Waals surface area contributed by atoms with Gasteiger partial charge in [-0.25, -0.2) is 18.0 Å². The number of anilines is 2. The molecular formula is C19H19ClN4O4S. The Balaban J connectivity index is 1.50. The Hall–Kier alpha value is -2.78. The number of nitrogens with one attached hydrogen (secondary N) is 3. The minimum atomic E-state index is -3.38. The largest absolute Gasteiger partial charge is 0.336 e. The number of rotatable bonds is 3. The highest BCUT2D eigenvalue weighted by atomic mass is 35.5. The smallest absolute Gasteiger partial charge is 0.321 e. The first-order valence-corrected chi connectivity index (χ1v) is 11.1. The fraction of sp³-hybridized carbons (Fsp3) is 0.263. The molecule has 1 fully saturated rings. The third kappa shape index (κ3) is 4.01. The first kappa shape index (κ1) is 19.5. The van der Waals surface area contributed by atoms with Crippen molar-refractivity contribution in [2.24, 2.45) is 0 Å². The second kappa shape index (κ2) is 7.57. The molecular weight excluding hydrogens is 416 g/mol. The van der Waals surface area contributed by atoms with Gasteiger partial charge in [0.15, 0.2) is 9.84 Å². The van der Waals surface area contributed by atoms with Gasteiger partial charge in [-0.05, 0) is 48.4 Å². The highest BCUT2D eigenvalue weighted by Crippen LogP contribution is 2.34. The summed E-state index contributed by atoms with van der Waals surface area (Å²) in [5.41, 5.74) is 1.69. The summed E-state index contributed by atoms with van der Waals surface area (Å²) < 4.78 is 24.6. The van der Waals surface area contributed by atoms with E-state index in [1.165, 1.54) is 12.1 Å². The predicted octanol–water partition coefficient (Wildman–Crippen LogP) is 2.91. The van der Waals surface area contributed by atoms with Gasteiger partial charge in [0.2, 0.25) is 0 Å². The third-order valence-corrected chi connectivity index (χ3v) is 6.99. The summed E-state index contributed by atoms with van der Waals surface area (Å²) in [6.45, 7) is 1.13. The van der Waals surface area contributed by atoms with Crippen LogP contribution in [0.2, 0.25) is 5.02 Å². The Labute approximate surface area is 173 Å². The number of halogens is 1. The lowest BCUT2D eigenvalue weighted by Gasteiger charge is -2.26. The van der Waals surface area contributed by atoms with Crippen molar-refractivity contribution in [1.29, 1.82) is 0 Å². The van der Waals surface area contributed by atoms with Gasteiger partial charge >= 0.3 is 12.1 Å². The lowest BCUT2D eigenvalue weighted by molar-refractivity contribution is 0.247. The Morgan fingerprint density at radius 1 is 1.21 bits per heavy atom. The average Bonchev–Trinajstić information content (AvgIpc) is 3.10. The average molecular weight is 435 g/mol. The number of sulfone groups is 1. The zero-order valence-electron chi connectivity index (χ0n) is 15.3. The van der Waals surface area contributed by atoms with E-state index in [2.05, 4.69) is 16.0 Å². The molecule has 0 aromatic heterocycles. The summed E-state index contributed by atoms with van der Waals surface area (Å²) in [5, 5.41) is 8.70. The van der Waals surface area contributed by atoms with Gasteiger partial charge in [0.05, 0.1) is 16.7 Å². The van der Waals surface area contributed by atoms with Gasteiger partial charge in [-0.1, -0.05) is 17.7 Å². The van der Waals surface area contributed by atoms with E-state index >= 15 is 0 Å². The summed E-state index contributed by atoms with van der Waals surface area (Å²) in [6, 6.07) is 10.4. The van der Waals surface area contributed by atoms with E-state index in [-0.39, 0.29) is 23.1 Å². The molecule has 3 N–H and O–H groups in total. The first-order chi connectivity index (χ1) is 13.8. The van der Waals surface area contributed by atoms with Crippen molar-refractivity contribution in [3.63, 3.8) is 0 Å². The highest BCUT2D eigenvalue weighted by Gasteiger charge is 2.31. The van der Waals surface area contributed by atoms with Crippen molar-refractivity contribution >= 4 is 44.9 Å². The number of hydrogen-bond donors (Lipinski definition) is 3. The Morgan fingerprint density at radius 2 is 2.03 bits per heavy atom. The topological polar surface area (TPSA) is 108 Å². The number of urea groups is 2. The van der Waals surface area contributed by atoms with Gasteiger partial charge in [0.25, 0.3) is 0 Å². The van der Waals surface area contributed by atoms with Crippen LogP contribution in [0.4, 0.5) is 21.0 Å².